The number of fused-ring (bicyclic) bond motifs is 7. The molecule has 4 aliphatic rings. The van der Waals surface area contributed by atoms with Crippen molar-refractivity contribution < 1.29 is 0 Å². The summed E-state index contributed by atoms with van der Waals surface area (Å²) in [5.74, 6) is 0. The summed E-state index contributed by atoms with van der Waals surface area (Å²) in [7, 11) is 0. The Hall–Kier alpha value is -6.98. The Morgan fingerprint density at radius 2 is 0.682 bits per heavy atom. The zero-order valence-electron chi connectivity index (χ0n) is 55.3. The fraction of sp³-hybridized carbons (Fsp3) is 0.400. The van der Waals surface area contributed by atoms with Crippen molar-refractivity contribution in [3.05, 3.63) is 203 Å². The molecular formula is C80H95BN4. The summed E-state index contributed by atoms with van der Waals surface area (Å²) in [6.07, 6.45) is 4.58. The average Bonchev–Trinajstić information content (AvgIpc) is 1.71. The minimum atomic E-state index is -0.235. The fourth-order valence-electron chi connectivity index (χ4n) is 14.8. The van der Waals surface area contributed by atoms with E-state index in [1.807, 2.05) is 0 Å². The lowest BCUT2D eigenvalue weighted by atomic mass is 9.33. The van der Waals surface area contributed by atoms with Gasteiger partial charge in [0.1, 0.15) is 0 Å². The average molecular weight is 1120 g/mol. The second-order valence-electron chi connectivity index (χ2n) is 32.4. The predicted molar refractivity (Wildman–Crippen MR) is 370 cm³/mol. The Morgan fingerprint density at radius 3 is 1.07 bits per heavy atom. The molecule has 2 unspecified atom stereocenters. The van der Waals surface area contributed by atoms with Crippen LogP contribution in [0.25, 0.3) is 0 Å². The second-order valence-corrected chi connectivity index (χ2v) is 32.4. The van der Waals surface area contributed by atoms with E-state index in [-0.39, 0.29) is 50.2 Å². The van der Waals surface area contributed by atoms with Gasteiger partial charge in [0.2, 0.25) is 0 Å². The Balaban J connectivity index is 1.14. The molecule has 438 valence electrons. The summed E-state index contributed by atoms with van der Waals surface area (Å²) in [5.41, 5.74) is 26.6. The molecule has 0 saturated heterocycles. The van der Waals surface area contributed by atoms with Crippen molar-refractivity contribution >= 4 is 85.7 Å². The van der Waals surface area contributed by atoms with Crippen molar-refractivity contribution in [1.82, 2.24) is 0 Å². The first kappa shape index (κ1) is 58.4. The smallest absolute Gasteiger partial charge is 0.252 e. The largest absolute Gasteiger partial charge is 0.334 e. The van der Waals surface area contributed by atoms with Crippen LogP contribution in [0.5, 0.6) is 0 Å². The molecule has 4 nitrogen and oxygen atoms in total. The quantitative estimate of drug-likeness (QED) is 0.154. The summed E-state index contributed by atoms with van der Waals surface area (Å²) >= 11 is 0. The monoisotopic (exact) mass is 1120 g/mol. The standard InChI is InChI=1S/C80H95BN4/c1-73(2,3)52-23-33-58(34-24-52)82(59-35-25-53(26-36-59)74(4,5)6)62-41-44-67-64(49-62)79(19)45-21-22-46-80(79,20)85(67)63-50-70-72-71(51-63)84(61-39-29-55(30-40-61)76(10,11)12)69-43-32-57(78(16,17)18)48-66(69)81(72)65-47-56(77(13,14)15)31-42-68(65)83(70)60-37-27-54(28-38-60)75(7,8)9/h23-44,47-51H,21-22,45-46H2,1-20H3. The van der Waals surface area contributed by atoms with Gasteiger partial charge in [0, 0.05) is 68.0 Å². The Bertz CT molecular complexity index is 3660. The Kier molecular flexibility index (Phi) is 13.6. The molecule has 3 aliphatic heterocycles. The molecule has 0 spiro atoms. The van der Waals surface area contributed by atoms with E-state index in [0.29, 0.717) is 0 Å². The van der Waals surface area contributed by atoms with Gasteiger partial charge < -0.3 is 19.6 Å². The second kappa shape index (κ2) is 19.8. The van der Waals surface area contributed by atoms with Gasteiger partial charge in [0.15, 0.2) is 0 Å². The van der Waals surface area contributed by atoms with Crippen LogP contribution in [0.2, 0.25) is 0 Å². The van der Waals surface area contributed by atoms with E-state index in [4.69, 9.17) is 0 Å². The Morgan fingerprint density at radius 1 is 0.341 bits per heavy atom. The zero-order valence-corrected chi connectivity index (χ0v) is 55.3. The maximum absolute atomic E-state index is 2.83. The molecule has 0 bridgehead atoms. The topological polar surface area (TPSA) is 13.0 Å². The van der Waals surface area contributed by atoms with Crippen LogP contribution >= 0.6 is 0 Å². The molecule has 1 fully saturated rings. The van der Waals surface area contributed by atoms with Gasteiger partial charge in [-0.15, -0.1) is 0 Å². The van der Waals surface area contributed by atoms with Crippen LogP contribution in [0.3, 0.4) is 0 Å². The highest BCUT2D eigenvalue weighted by Gasteiger charge is 2.58. The number of nitrogens with zero attached hydrogens (tertiary/aromatic N) is 4. The molecule has 12 rings (SSSR count). The molecule has 5 heteroatoms. The first-order valence-corrected chi connectivity index (χ1v) is 31.9. The third-order valence-corrected chi connectivity index (χ3v) is 20.4. The SMILES string of the molecule is CC(C)(C)c1ccc(N(c2ccc(C(C)(C)C)cc2)c2ccc3c(c2)C2(C)CCCCC2(C)N3c2cc3c4c(c2)N(c2ccc(C(C)(C)C)cc2)c2ccc(C(C)(C)C)cc2B4c2cc(C(C)(C)C)ccc2N3c2ccc(C(C)(C)C)cc2)cc1. The third kappa shape index (κ3) is 9.83. The lowest BCUT2D eigenvalue weighted by Crippen LogP contribution is -2.62. The van der Waals surface area contributed by atoms with Crippen molar-refractivity contribution in [3.8, 4) is 0 Å². The van der Waals surface area contributed by atoms with Gasteiger partial charge >= 0.3 is 0 Å². The maximum atomic E-state index is 2.83. The van der Waals surface area contributed by atoms with Crippen molar-refractivity contribution in [2.24, 2.45) is 0 Å². The number of rotatable bonds is 6. The van der Waals surface area contributed by atoms with Gasteiger partial charge in [-0.1, -0.05) is 217 Å². The lowest BCUT2D eigenvalue weighted by molar-refractivity contribution is 0.195. The van der Waals surface area contributed by atoms with Crippen LogP contribution in [0, 0.1) is 0 Å². The molecule has 0 aromatic heterocycles. The summed E-state index contributed by atoms with van der Waals surface area (Å²) in [4.78, 5) is 10.6. The number of benzene rings is 8. The van der Waals surface area contributed by atoms with Crippen LogP contribution in [0.1, 0.15) is 203 Å². The van der Waals surface area contributed by atoms with E-state index in [9.17, 15) is 0 Å². The molecule has 3 heterocycles. The summed E-state index contributed by atoms with van der Waals surface area (Å²) in [6.45, 7) is 47.2. The van der Waals surface area contributed by atoms with E-state index in [0.717, 1.165) is 12.8 Å². The van der Waals surface area contributed by atoms with Gasteiger partial charge in [-0.2, -0.15) is 0 Å². The molecule has 85 heavy (non-hydrogen) atoms. The first-order valence-electron chi connectivity index (χ1n) is 31.9. The normalized spacial score (nSPS) is 18.6. The van der Waals surface area contributed by atoms with Gasteiger partial charge in [-0.3, -0.25) is 0 Å². The molecular weight excluding hydrogens is 1030 g/mol. The Labute approximate surface area is 512 Å². The van der Waals surface area contributed by atoms with Crippen LogP contribution in [0.15, 0.2) is 164 Å². The lowest BCUT2D eigenvalue weighted by Gasteiger charge is -2.51. The molecule has 1 saturated carbocycles. The minimum Gasteiger partial charge on any atom is -0.334 e. The maximum Gasteiger partial charge on any atom is 0.252 e. The number of hydrogen-bond donors (Lipinski definition) is 0. The molecule has 0 N–H and O–H groups in total. The van der Waals surface area contributed by atoms with Crippen LogP contribution in [-0.2, 0) is 37.9 Å². The highest BCUT2D eigenvalue weighted by molar-refractivity contribution is 7.00. The van der Waals surface area contributed by atoms with E-state index in [1.165, 1.54) is 131 Å². The molecule has 2 atom stereocenters. The van der Waals surface area contributed by atoms with Gasteiger partial charge in [0.05, 0.1) is 5.54 Å². The first-order chi connectivity index (χ1) is 39.7. The molecule has 0 radical (unpaired) electrons. The van der Waals surface area contributed by atoms with Crippen LogP contribution < -0.4 is 36.0 Å². The molecule has 8 aromatic carbocycles. The highest BCUT2D eigenvalue weighted by atomic mass is 15.3. The van der Waals surface area contributed by atoms with Crippen molar-refractivity contribution in [2.45, 2.75) is 208 Å². The van der Waals surface area contributed by atoms with Crippen LogP contribution in [-0.4, -0.2) is 12.3 Å². The highest BCUT2D eigenvalue weighted by Crippen LogP contribution is 2.63. The summed E-state index contributed by atoms with van der Waals surface area (Å²) < 4.78 is 0. The van der Waals surface area contributed by atoms with Crippen molar-refractivity contribution in [1.29, 1.82) is 0 Å². The van der Waals surface area contributed by atoms with Gasteiger partial charge in [-0.25, -0.2) is 0 Å². The zero-order chi connectivity index (χ0) is 60.9. The summed E-state index contributed by atoms with van der Waals surface area (Å²) in [5, 5.41) is 0. The number of anilines is 11. The fourth-order valence-corrected chi connectivity index (χ4v) is 14.8. The predicted octanol–water partition coefficient (Wildman–Crippen LogP) is 20.8. The minimum absolute atomic E-state index is 0.0114. The molecule has 1 aliphatic carbocycles. The van der Waals surface area contributed by atoms with Gasteiger partial charge in [-0.05, 0) is 199 Å². The van der Waals surface area contributed by atoms with Crippen molar-refractivity contribution in [3.63, 3.8) is 0 Å². The third-order valence-electron chi connectivity index (χ3n) is 20.4. The number of hydrogen-bond acceptors (Lipinski definition) is 4. The van der Waals surface area contributed by atoms with E-state index in [2.05, 4.69) is 322 Å². The molecule has 8 aromatic rings. The van der Waals surface area contributed by atoms with Crippen LogP contribution in [0.4, 0.5) is 62.6 Å². The van der Waals surface area contributed by atoms with E-state index >= 15 is 0 Å². The van der Waals surface area contributed by atoms with E-state index in [1.54, 1.807) is 0 Å². The summed E-state index contributed by atoms with van der Waals surface area (Å²) in [6, 6.07) is 65.4. The van der Waals surface area contributed by atoms with Crippen molar-refractivity contribution in [2.75, 3.05) is 19.6 Å². The van der Waals surface area contributed by atoms with Gasteiger partial charge in [0.25, 0.3) is 6.71 Å². The molecule has 0 amide bonds. The van der Waals surface area contributed by atoms with E-state index < -0.39 is 0 Å².